The molecule has 1 aromatic heterocycles. The second kappa shape index (κ2) is 21.0. The Bertz CT molecular complexity index is 1650. The van der Waals surface area contributed by atoms with Crippen LogP contribution in [0.1, 0.15) is 96.5 Å². The smallest absolute Gasteiger partial charge is 0.416 e. The summed E-state index contributed by atoms with van der Waals surface area (Å²) in [6.07, 6.45) is -8.20. The van der Waals surface area contributed by atoms with Gasteiger partial charge in [0.2, 0.25) is 0 Å². The molecule has 0 spiro atoms. The summed E-state index contributed by atoms with van der Waals surface area (Å²) in [7, 11) is 5.24. The second-order valence-electron chi connectivity index (χ2n) is 18.0. The SMILES string of the molecule is CC[C@H]1OC(=O)[C@H](C)[C@@H](OC)[C@H](C)[C@@H](O[C@@H]2O[C@H](C)C[C@H](N(C)CCc3csc(CCc4ccc(C(F)(F)F)cc4)n3)[C@H]2O)[C@](C)(O)C[C@@H](C)CN(C)[C@H](C)[C@@H](O)[C@]1(C)O. The van der Waals surface area contributed by atoms with E-state index in [1.54, 1.807) is 27.7 Å². The van der Waals surface area contributed by atoms with E-state index in [9.17, 15) is 38.4 Å². The molecule has 3 heterocycles. The zero-order valence-corrected chi connectivity index (χ0v) is 38.0. The van der Waals surface area contributed by atoms with Crippen LogP contribution < -0.4 is 0 Å². The number of esters is 1. The van der Waals surface area contributed by atoms with Gasteiger partial charge in [0.1, 0.15) is 23.9 Å². The number of rotatable bonds is 11. The van der Waals surface area contributed by atoms with Crippen LogP contribution in [0.15, 0.2) is 29.6 Å². The van der Waals surface area contributed by atoms with Crippen LogP contribution >= 0.6 is 11.3 Å². The lowest BCUT2D eigenvalue weighted by atomic mass is 9.78. The number of hydrogen-bond acceptors (Lipinski definition) is 13. The molecule has 0 aliphatic carbocycles. The number of halogens is 3. The Labute approximate surface area is 358 Å². The van der Waals surface area contributed by atoms with Gasteiger partial charge in [-0.1, -0.05) is 32.9 Å². The number of benzene rings is 1. The third-order valence-electron chi connectivity index (χ3n) is 12.8. The van der Waals surface area contributed by atoms with Gasteiger partial charge in [-0.3, -0.25) is 4.79 Å². The standard InChI is InChI=1S/C44H70F3N3O9S/c1-12-34-43(8,55)38(52)29(6)50(10)23-25(2)22-42(7,54)39(27(4)37(56-11)28(5)40(53)58-34)59-41-36(51)33(21-26(3)57-41)49(9)20-19-32-24-60-35(48-32)18-15-30-13-16-31(17-14-30)44(45,46)47/h13-14,16-17,24-29,33-34,36-39,41,51-52,54-55H,12,15,18-23H2,1-11H3/t25-,26-,27+,28-,29-,33+,34-,36-,37+,38-,39-,41+,42-,43-/m1/s1. The number of likely N-dealkylation sites (N-methyl/N-ethyl adjacent to an activating group) is 2. The van der Waals surface area contributed by atoms with Gasteiger partial charge in [0, 0.05) is 56.4 Å². The summed E-state index contributed by atoms with van der Waals surface area (Å²) in [6, 6.07) is 4.31. The van der Waals surface area contributed by atoms with Crippen LogP contribution in [0, 0.1) is 17.8 Å². The molecular weight excluding hydrogens is 804 g/mol. The summed E-state index contributed by atoms with van der Waals surface area (Å²) in [5.74, 6) is -2.26. The van der Waals surface area contributed by atoms with Crippen molar-refractivity contribution in [2.75, 3.05) is 34.3 Å². The van der Waals surface area contributed by atoms with Crippen LogP contribution in [0.4, 0.5) is 13.2 Å². The number of thiazole rings is 1. The Hall–Kier alpha value is -2.25. The molecule has 2 fully saturated rings. The number of hydrogen-bond donors (Lipinski definition) is 4. The summed E-state index contributed by atoms with van der Waals surface area (Å²) in [5, 5.41) is 50.1. The van der Waals surface area contributed by atoms with Crippen molar-refractivity contribution in [3.05, 3.63) is 51.5 Å². The molecule has 0 saturated carbocycles. The lowest BCUT2D eigenvalue weighted by molar-refractivity contribution is -0.300. The van der Waals surface area contributed by atoms with E-state index in [0.29, 0.717) is 38.8 Å². The van der Waals surface area contributed by atoms with Gasteiger partial charge in [-0.15, -0.1) is 11.3 Å². The largest absolute Gasteiger partial charge is 0.459 e. The molecule has 2 saturated heterocycles. The number of nitrogens with zero attached hydrogens (tertiary/aromatic N) is 3. The Morgan fingerprint density at radius 2 is 1.70 bits per heavy atom. The minimum absolute atomic E-state index is 0.127. The molecule has 60 heavy (non-hydrogen) atoms. The maximum atomic E-state index is 13.8. The van der Waals surface area contributed by atoms with E-state index in [0.717, 1.165) is 28.4 Å². The predicted molar refractivity (Wildman–Crippen MR) is 223 cm³/mol. The van der Waals surface area contributed by atoms with Crippen molar-refractivity contribution in [1.29, 1.82) is 0 Å². The van der Waals surface area contributed by atoms with Crippen LogP contribution in [-0.4, -0.2) is 142 Å². The minimum atomic E-state index is -4.37. The first kappa shape index (κ1) is 50.4. The molecular formula is C44H70F3N3O9S. The van der Waals surface area contributed by atoms with E-state index >= 15 is 0 Å². The number of carbonyl (C=O) groups excluding carboxylic acids is 1. The summed E-state index contributed by atoms with van der Waals surface area (Å²) in [4.78, 5) is 22.5. The van der Waals surface area contributed by atoms with E-state index < -0.39 is 83.6 Å². The van der Waals surface area contributed by atoms with Gasteiger partial charge in [0.05, 0.1) is 46.1 Å². The van der Waals surface area contributed by atoms with Gasteiger partial charge in [-0.05, 0) is 98.0 Å². The maximum absolute atomic E-state index is 13.8. The highest BCUT2D eigenvalue weighted by molar-refractivity contribution is 7.09. The van der Waals surface area contributed by atoms with E-state index in [-0.39, 0.29) is 30.9 Å². The van der Waals surface area contributed by atoms with Crippen molar-refractivity contribution in [1.82, 2.24) is 14.8 Å². The fourth-order valence-corrected chi connectivity index (χ4v) is 10.0. The third-order valence-corrected chi connectivity index (χ3v) is 13.8. The fourth-order valence-electron chi connectivity index (χ4n) is 9.22. The first-order valence-electron chi connectivity index (χ1n) is 21.3. The summed E-state index contributed by atoms with van der Waals surface area (Å²) in [6.45, 7) is 15.2. The first-order valence-corrected chi connectivity index (χ1v) is 22.1. The molecule has 1 aromatic carbocycles. The molecule has 4 N–H and O–H groups in total. The highest BCUT2D eigenvalue weighted by Gasteiger charge is 2.50. The molecule has 4 rings (SSSR count). The Balaban J connectivity index is 1.50. The van der Waals surface area contributed by atoms with Crippen LogP contribution in [-0.2, 0) is 49.2 Å². The predicted octanol–water partition coefficient (Wildman–Crippen LogP) is 5.50. The van der Waals surface area contributed by atoms with Gasteiger partial charge in [-0.2, -0.15) is 13.2 Å². The lowest BCUT2D eigenvalue weighted by Crippen LogP contribution is -2.59. The Morgan fingerprint density at radius 3 is 2.30 bits per heavy atom. The number of cyclic esters (lactones) is 1. The molecule has 12 nitrogen and oxygen atoms in total. The molecule has 0 unspecified atom stereocenters. The highest BCUT2D eigenvalue weighted by Crippen LogP contribution is 2.38. The van der Waals surface area contributed by atoms with E-state index in [1.165, 1.54) is 37.5 Å². The van der Waals surface area contributed by atoms with Crippen LogP contribution in [0.5, 0.6) is 0 Å². The van der Waals surface area contributed by atoms with Crippen molar-refractivity contribution in [3.8, 4) is 0 Å². The molecule has 2 aliphatic rings. The normalized spacial score (nSPS) is 37.1. The molecule has 14 atom stereocenters. The van der Waals surface area contributed by atoms with Gasteiger partial charge in [-0.25, -0.2) is 4.98 Å². The molecule has 0 radical (unpaired) electrons. The summed E-state index contributed by atoms with van der Waals surface area (Å²) < 4.78 is 63.8. The van der Waals surface area contributed by atoms with Crippen molar-refractivity contribution in [2.24, 2.45) is 17.8 Å². The number of aryl methyl sites for hydroxylation is 2. The van der Waals surface area contributed by atoms with Crippen molar-refractivity contribution < 1.29 is 57.3 Å². The number of aliphatic hydroxyl groups is 4. The molecule has 0 amide bonds. The first-order chi connectivity index (χ1) is 27.9. The highest BCUT2D eigenvalue weighted by atomic mass is 32.1. The van der Waals surface area contributed by atoms with Crippen LogP contribution in [0.3, 0.4) is 0 Å². The molecule has 0 bridgehead atoms. The van der Waals surface area contributed by atoms with E-state index in [2.05, 4.69) is 4.90 Å². The number of aliphatic hydroxyl groups excluding tert-OH is 2. The summed E-state index contributed by atoms with van der Waals surface area (Å²) in [5.41, 5.74) is -2.25. The zero-order chi connectivity index (χ0) is 44.9. The number of ether oxygens (including phenoxy) is 4. The van der Waals surface area contributed by atoms with Crippen molar-refractivity contribution >= 4 is 17.3 Å². The van der Waals surface area contributed by atoms with Gasteiger partial charge in [0.15, 0.2) is 6.29 Å². The monoisotopic (exact) mass is 873 g/mol. The van der Waals surface area contributed by atoms with Crippen molar-refractivity contribution in [2.45, 2.75) is 166 Å². The minimum Gasteiger partial charge on any atom is -0.459 e. The third kappa shape index (κ3) is 12.5. The quantitative estimate of drug-likeness (QED) is 0.211. The summed E-state index contributed by atoms with van der Waals surface area (Å²) >= 11 is 1.51. The Morgan fingerprint density at radius 1 is 1.05 bits per heavy atom. The van der Waals surface area contributed by atoms with E-state index in [4.69, 9.17) is 23.9 Å². The molecule has 342 valence electrons. The van der Waals surface area contributed by atoms with Gasteiger partial charge < -0.3 is 49.2 Å². The van der Waals surface area contributed by atoms with Gasteiger partial charge in [0.25, 0.3) is 0 Å². The van der Waals surface area contributed by atoms with E-state index in [1.807, 2.05) is 45.1 Å². The zero-order valence-electron chi connectivity index (χ0n) is 37.2. The second-order valence-corrected chi connectivity index (χ2v) is 19.0. The average Bonchev–Trinajstić information content (AvgIpc) is 3.64. The lowest BCUT2D eigenvalue weighted by Gasteiger charge is -2.47. The molecule has 2 aromatic rings. The number of alkyl halides is 3. The fraction of sp³-hybridized carbons (Fsp3) is 0.773. The molecule has 2 aliphatic heterocycles. The van der Waals surface area contributed by atoms with Crippen LogP contribution in [0.2, 0.25) is 0 Å². The Kier molecular flexibility index (Phi) is 17.6. The van der Waals surface area contributed by atoms with Crippen molar-refractivity contribution in [3.63, 3.8) is 0 Å². The molecule has 16 heteroatoms. The van der Waals surface area contributed by atoms with Crippen LogP contribution in [0.25, 0.3) is 0 Å². The maximum Gasteiger partial charge on any atom is 0.416 e. The number of methoxy groups -OCH3 is 1. The average molecular weight is 874 g/mol. The van der Waals surface area contributed by atoms with Gasteiger partial charge >= 0.3 is 12.1 Å². The number of aromatic nitrogens is 1. The number of carbonyl (C=O) groups is 1. The topological polar surface area (TPSA) is 154 Å².